The van der Waals surface area contributed by atoms with E-state index in [2.05, 4.69) is 5.16 Å². The van der Waals surface area contributed by atoms with E-state index >= 15 is 0 Å². The van der Waals surface area contributed by atoms with Crippen LogP contribution in [-0.2, 0) is 12.7 Å². The zero-order valence-corrected chi connectivity index (χ0v) is 11.6. The molecule has 2 heterocycles. The first kappa shape index (κ1) is 15.1. The quantitative estimate of drug-likeness (QED) is 0.946. The fourth-order valence-electron chi connectivity index (χ4n) is 2.95. The molecular weight excluding hydrogens is 297 g/mol. The molecule has 1 aromatic heterocycles. The van der Waals surface area contributed by atoms with Crippen molar-refractivity contribution in [2.75, 3.05) is 6.54 Å². The number of nitrogens with zero attached hydrogens (tertiary/aromatic N) is 2. The zero-order chi connectivity index (χ0) is 15.7. The van der Waals surface area contributed by atoms with Crippen LogP contribution in [0.1, 0.15) is 29.3 Å². The number of rotatable bonds is 3. The Balaban J connectivity index is 1.92. The fourth-order valence-corrected chi connectivity index (χ4v) is 2.95. The summed E-state index contributed by atoms with van der Waals surface area (Å²) in [7, 11) is 0. The largest absolute Gasteiger partial charge is 0.416 e. The van der Waals surface area contributed by atoms with Gasteiger partial charge in [-0.2, -0.15) is 13.2 Å². The van der Waals surface area contributed by atoms with E-state index in [0.29, 0.717) is 18.8 Å². The van der Waals surface area contributed by atoms with Crippen LogP contribution in [0.2, 0.25) is 0 Å². The third kappa shape index (κ3) is 3.00. The molecule has 0 aliphatic carbocycles. The number of β-amino-alcohol motifs (C(OH)–C–C–N with tert-alkyl or cyclic N) is 1. The number of aliphatic hydroxyl groups is 1. The smallest absolute Gasteiger partial charge is 0.392 e. The van der Waals surface area contributed by atoms with Gasteiger partial charge in [-0.05, 0) is 18.1 Å². The predicted molar refractivity (Wildman–Crippen MR) is 71.7 cm³/mol. The molecule has 1 fully saturated rings. The Labute approximate surface area is 125 Å². The third-order valence-electron chi connectivity index (χ3n) is 3.86. The van der Waals surface area contributed by atoms with Crippen LogP contribution in [0.25, 0.3) is 0 Å². The minimum Gasteiger partial charge on any atom is -0.392 e. The molecule has 1 aliphatic rings. The second-order valence-corrected chi connectivity index (χ2v) is 5.40. The van der Waals surface area contributed by atoms with E-state index in [0.717, 1.165) is 6.07 Å². The van der Waals surface area contributed by atoms with E-state index in [-0.39, 0.29) is 12.0 Å². The molecule has 3 rings (SSSR count). The average Bonchev–Trinajstić information content (AvgIpc) is 3.08. The molecule has 118 valence electrons. The fraction of sp³-hybridized carbons (Fsp3) is 0.400. The van der Waals surface area contributed by atoms with Gasteiger partial charge in [0.15, 0.2) is 5.76 Å². The molecule has 1 aliphatic heterocycles. The molecule has 1 saturated heterocycles. The summed E-state index contributed by atoms with van der Waals surface area (Å²) in [4.78, 5) is 1.79. The maximum Gasteiger partial charge on any atom is 0.416 e. The molecule has 0 spiro atoms. The van der Waals surface area contributed by atoms with Gasteiger partial charge in [-0.25, -0.2) is 0 Å². The average molecular weight is 312 g/mol. The molecule has 0 bridgehead atoms. The Kier molecular flexibility index (Phi) is 3.92. The first-order valence-electron chi connectivity index (χ1n) is 6.93. The molecule has 7 heteroatoms. The highest BCUT2D eigenvalue weighted by Crippen LogP contribution is 2.40. The van der Waals surface area contributed by atoms with Gasteiger partial charge in [-0.1, -0.05) is 23.4 Å². The topological polar surface area (TPSA) is 49.5 Å². The highest BCUT2D eigenvalue weighted by molar-refractivity contribution is 5.33. The van der Waals surface area contributed by atoms with Crippen LogP contribution in [0.15, 0.2) is 41.1 Å². The van der Waals surface area contributed by atoms with Crippen molar-refractivity contribution in [1.82, 2.24) is 10.1 Å². The summed E-state index contributed by atoms with van der Waals surface area (Å²) in [6.45, 7) is 0.617. The van der Waals surface area contributed by atoms with Crippen LogP contribution >= 0.6 is 0 Å². The minimum atomic E-state index is -4.41. The maximum absolute atomic E-state index is 13.2. The minimum absolute atomic E-state index is 0.186. The number of likely N-dealkylation sites (tertiary alicyclic amines) is 1. The summed E-state index contributed by atoms with van der Waals surface area (Å²) in [5.74, 6) is 0.559. The molecule has 0 unspecified atom stereocenters. The Morgan fingerprint density at radius 1 is 1.27 bits per heavy atom. The van der Waals surface area contributed by atoms with Crippen LogP contribution in [-0.4, -0.2) is 27.8 Å². The van der Waals surface area contributed by atoms with Crippen molar-refractivity contribution in [3.8, 4) is 0 Å². The van der Waals surface area contributed by atoms with Gasteiger partial charge in [0.2, 0.25) is 0 Å². The lowest BCUT2D eigenvalue weighted by atomic mass is 9.97. The van der Waals surface area contributed by atoms with Crippen LogP contribution < -0.4 is 0 Å². The highest BCUT2D eigenvalue weighted by Gasteiger charge is 2.39. The lowest BCUT2D eigenvalue weighted by molar-refractivity contribution is -0.138. The predicted octanol–water partition coefficient (Wildman–Crippen LogP) is 3.00. The Morgan fingerprint density at radius 2 is 2.05 bits per heavy atom. The van der Waals surface area contributed by atoms with Gasteiger partial charge in [0.1, 0.15) is 0 Å². The zero-order valence-electron chi connectivity index (χ0n) is 11.6. The van der Waals surface area contributed by atoms with E-state index in [1.807, 2.05) is 0 Å². The maximum atomic E-state index is 13.2. The molecular formula is C15H15F3N2O2. The van der Waals surface area contributed by atoms with Crippen LogP contribution in [0.4, 0.5) is 13.2 Å². The number of hydrogen-bond acceptors (Lipinski definition) is 4. The second kappa shape index (κ2) is 5.73. The van der Waals surface area contributed by atoms with Crippen molar-refractivity contribution in [2.24, 2.45) is 0 Å². The summed E-state index contributed by atoms with van der Waals surface area (Å²) in [6, 6.07) is 6.67. The van der Waals surface area contributed by atoms with Crippen molar-refractivity contribution in [3.63, 3.8) is 0 Å². The monoisotopic (exact) mass is 312 g/mol. The summed E-state index contributed by atoms with van der Waals surface area (Å²) < 4.78 is 44.6. The lowest BCUT2D eigenvalue weighted by Crippen LogP contribution is -2.25. The van der Waals surface area contributed by atoms with Gasteiger partial charge >= 0.3 is 6.18 Å². The van der Waals surface area contributed by atoms with Gasteiger partial charge in [0.05, 0.1) is 24.4 Å². The Morgan fingerprint density at radius 3 is 2.73 bits per heavy atom. The first-order valence-corrected chi connectivity index (χ1v) is 6.93. The molecule has 0 radical (unpaired) electrons. The number of halogens is 3. The van der Waals surface area contributed by atoms with E-state index in [1.165, 1.54) is 18.3 Å². The SMILES string of the molecule is O[C@@H]1C[C@H](c2ccccc2C(F)(F)F)N(Cc2ccno2)C1. The Bertz CT molecular complexity index is 628. The van der Waals surface area contributed by atoms with Gasteiger partial charge in [0, 0.05) is 18.7 Å². The second-order valence-electron chi connectivity index (χ2n) is 5.40. The van der Waals surface area contributed by atoms with Crippen LogP contribution in [0.5, 0.6) is 0 Å². The van der Waals surface area contributed by atoms with Gasteiger partial charge in [-0.15, -0.1) is 0 Å². The number of aromatic nitrogens is 1. The number of aliphatic hydroxyl groups excluding tert-OH is 1. The van der Waals surface area contributed by atoms with Crippen molar-refractivity contribution in [3.05, 3.63) is 53.4 Å². The van der Waals surface area contributed by atoms with Gasteiger partial charge in [-0.3, -0.25) is 4.90 Å². The van der Waals surface area contributed by atoms with E-state index in [1.54, 1.807) is 17.0 Å². The molecule has 4 nitrogen and oxygen atoms in total. The summed E-state index contributed by atoms with van der Waals surface area (Å²) in [6.07, 6.45) is -3.32. The number of benzene rings is 1. The molecule has 1 aromatic carbocycles. The van der Waals surface area contributed by atoms with Crippen molar-refractivity contribution < 1.29 is 22.8 Å². The normalized spacial score (nSPS) is 23.1. The van der Waals surface area contributed by atoms with E-state index in [4.69, 9.17) is 4.52 Å². The number of alkyl halides is 3. The van der Waals surface area contributed by atoms with E-state index in [9.17, 15) is 18.3 Å². The third-order valence-corrected chi connectivity index (χ3v) is 3.86. The molecule has 2 atom stereocenters. The molecule has 0 saturated carbocycles. The van der Waals surface area contributed by atoms with Gasteiger partial charge < -0.3 is 9.63 Å². The van der Waals surface area contributed by atoms with Crippen molar-refractivity contribution >= 4 is 0 Å². The molecule has 0 amide bonds. The van der Waals surface area contributed by atoms with Crippen molar-refractivity contribution in [2.45, 2.75) is 31.3 Å². The van der Waals surface area contributed by atoms with Crippen LogP contribution in [0, 0.1) is 0 Å². The molecule has 2 aromatic rings. The highest BCUT2D eigenvalue weighted by atomic mass is 19.4. The number of hydrogen-bond donors (Lipinski definition) is 1. The van der Waals surface area contributed by atoms with Crippen molar-refractivity contribution in [1.29, 1.82) is 0 Å². The Hall–Kier alpha value is -1.86. The first-order chi connectivity index (χ1) is 10.4. The summed E-state index contributed by atoms with van der Waals surface area (Å²) in [5, 5.41) is 13.5. The van der Waals surface area contributed by atoms with E-state index < -0.39 is 23.9 Å². The van der Waals surface area contributed by atoms with Crippen LogP contribution in [0.3, 0.4) is 0 Å². The molecule has 1 N–H and O–H groups in total. The summed E-state index contributed by atoms with van der Waals surface area (Å²) in [5.41, 5.74) is -0.470. The lowest BCUT2D eigenvalue weighted by Gasteiger charge is -2.25. The standard InChI is InChI=1S/C15H15F3N2O2/c16-15(17,18)13-4-2-1-3-12(13)14-7-10(21)8-20(14)9-11-5-6-19-22-11/h1-6,10,14,21H,7-9H2/t10-,14-/m1/s1. The molecule has 22 heavy (non-hydrogen) atoms. The summed E-state index contributed by atoms with van der Waals surface area (Å²) >= 11 is 0. The van der Waals surface area contributed by atoms with Gasteiger partial charge in [0.25, 0.3) is 0 Å².